The smallest absolute Gasteiger partial charge is 0.225 e. The fourth-order valence-corrected chi connectivity index (χ4v) is 4.89. The molecule has 0 fully saturated rings. The monoisotopic (exact) mass is 420 g/mol. The third-order valence-electron chi connectivity index (χ3n) is 5.33. The first kappa shape index (κ1) is 20.2. The second-order valence-electron chi connectivity index (χ2n) is 7.51. The lowest BCUT2D eigenvalue weighted by Gasteiger charge is -2.20. The number of carbonyl (C=O) groups is 1. The number of anilines is 3. The predicted octanol–water partition coefficient (Wildman–Crippen LogP) is 4.49. The van der Waals surface area contributed by atoms with E-state index in [1.54, 1.807) is 24.3 Å². The van der Waals surface area contributed by atoms with Crippen LogP contribution in [0.5, 0.6) is 0 Å². The summed E-state index contributed by atoms with van der Waals surface area (Å²) in [5, 5.41) is 2.79. The fourth-order valence-electron chi connectivity index (χ4n) is 3.65. The van der Waals surface area contributed by atoms with Gasteiger partial charge < -0.3 is 10.2 Å². The standard InChI is InChI=1S/C24H24N2O3S/c1-18-6-12-22(13-7-18)30(28,29)17-15-24(27)25-20-8-10-21(11-9-20)26-16-14-19-4-2-3-5-23(19)26/h2-13H,14-17H2,1H3,(H,25,27). The van der Waals surface area contributed by atoms with Crippen LogP contribution in [0.15, 0.2) is 77.7 Å². The molecule has 1 N–H and O–H groups in total. The minimum atomic E-state index is -3.48. The van der Waals surface area contributed by atoms with Crippen molar-refractivity contribution in [1.82, 2.24) is 0 Å². The normalized spacial score (nSPS) is 13.2. The summed E-state index contributed by atoms with van der Waals surface area (Å²) in [5.41, 5.74) is 5.27. The summed E-state index contributed by atoms with van der Waals surface area (Å²) in [6, 6.07) is 22.7. The molecule has 6 heteroatoms. The molecule has 0 unspecified atom stereocenters. The molecule has 1 aliphatic heterocycles. The topological polar surface area (TPSA) is 66.5 Å². The molecule has 4 rings (SSSR count). The number of hydrogen-bond donors (Lipinski definition) is 1. The number of fused-ring (bicyclic) bond motifs is 1. The minimum absolute atomic E-state index is 0.0859. The molecule has 0 saturated carbocycles. The van der Waals surface area contributed by atoms with Gasteiger partial charge in [0.1, 0.15) is 0 Å². The number of benzene rings is 3. The van der Waals surface area contributed by atoms with Gasteiger partial charge in [0.05, 0.1) is 10.6 Å². The second kappa shape index (κ2) is 8.32. The largest absolute Gasteiger partial charge is 0.341 e. The fraction of sp³-hybridized carbons (Fsp3) is 0.208. The summed E-state index contributed by atoms with van der Waals surface area (Å²) in [6.07, 6.45) is 0.932. The van der Waals surface area contributed by atoms with E-state index in [-0.39, 0.29) is 23.0 Å². The summed E-state index contributed by atoms with van der Waals surface area (Å²) in [4.78, 5) is 14.8. The number of hydrogen-bond acceptors (Lipinski definition) is 4. The van der Waals surface area contributed by atoms with Crippen molar-refractivity contribution in [3.63, 3.8) is 0 Å². The van der Waals surface area contributed by atoms with Crippen molar-refractivity contribution in [3.05, 3.63) is 83.9 Å². The molecule has 1 aliphatic rings. The zero-order chi connectivity index (χ0) is 21.1. The van der Waals surface area contributed by atoms with Crippen molar-refractivity contribution >= 4 is 32.8 Å². The average molecular weight is 421 g/mol. The molecule has 0 aliphatic carbocycles. The Morgan fingerprint density at radius 1 is 0.967 bits per heavy atom. The molecule has 1 heterocycles. The highest BCUT2D eigenvalue weighted by atomic mass is 32.2. The molecule has 0 spiro atoms. The molecule has 0 saturated heterocycles. The predicted molar refractivity (Wildman–Crippen MR) is 120 cm³/mol. The van der Waals surface area contributed by atoms with Gasteiger partial charge in [0.25, 0.3) is 0 Å². The lowest BCUT2D eigenvalue weighted by Crippen LogP contribution is -2.17. The molecule has 3 aromatic rings. The Bertz CT molecular complexity index is 1150. The quantitative estimate of drug-likeness (QED) is 0.638. The van der Waals surface area contributed by atoms with Gasteiger partial charge >= 0.3 is 0 Å². The second-order valence-corrected chi connectivity index (χ2v) is 9.62. The molecule has 154 valence electrons. The third kappa shape index (κ3) is 4.39. The summed E-state index contributed by atoms with van der Waals surface area (Å²) < 4.78 is 24.8. The first-order valence-electron chi connectivity index (χ1n) is 9.97. The first-order chi connectivity index (χ1) is 14.4. The Balaban J connectivity index is 1.36. The van der Waals surface area contributed by atoms with Gasteiger partial charge in [-0.25, -0.2) is 8.42 Å². The molecule has 1 amide bonds. The van der Waals surface area contributed by atoms with Crippen LogP contribution in [0.3, 0.4) is 0 Å². The van der Waals surface area contributed by atoms with Gasteiger partial charge in [-0.2, -0.15) is 0 Å². The van der Waals surface area contributed by atoms with Crippen LogP contribution >= 0.6 is 0 Å². The number of amides is 1. The number of rotatable bonds is 6. The van der Waals surface area contributed by atoms with Crippen molar-refractivity contribution < 1.29 is 13.2 Å². The third-order valence-corrected chi connectivity index (χ3v) is 7.06. The highest BCUT2D eigenvalue weighted by Gasteiger charge is 2.20. The van der Waals surface area contributed by atoms with Gasteiger partial charge in [0.15, 0.2) is 9.84 Å². The summed E-state index contributed by atoms with van der Waals surface area (Å²) in [5.74, 6) is -0.533. The van der Waals surface area contributed by atoms with Gasteiger partial charge in [0, 0.05) is 30.0 Å². The molecule has 30 heavy (non-hydrogen) atoms. The maximum Gasteiger partial charge on any atom is 0.225 e. The van der Waals surface area contributed by atoms with Gasteiger partial charge in [0.2, 0.25) is 5.91 Å². The number of nitrogens with one attached hydrogen (secondary N) is 1. The maximum absolute atomic E-state index is 12.4. The average Bonchev–Trinajstić information content (AvgIpc) is 3.17. The molecule has 0 radical (unpaired) electrons. The Kier molecular flexibility index (Phi) is 5.59. The molecule has 0 aromatic heterocycles. The Morgan fingerprint density at radius 2 is 1.67 bits per heavy atom. The summed E-state index contributed by atoms with van der Waals surface area (Å²) in [6.45, 7) is 2.83. The van der Waals surface area contributed by atoms with Gasteiger partial charge in [-0.1, -0.05) is 35.9 Å². The van der Waals surface area contributed by atoms with Crippen LogP contribution in [-0.4, -0.2) is 26.6 Å². The van der Waals surface area contributed by atoms with Crippen molar-refractivity contribution in [3.8, 4) is 0 Å². The molecule has 3 aromatic carbocycles. The van der Waals surface area contributed by atoms with Crippen molar-refractivity contribution in [2.24, 2.45) is 0 Å². The van der Waals surface area contributed by atoms with E-state index >= 15 is 0 Å². The van der Waals surface area contributed by atoms with Crippen molar-refractivity contribution in [2.45, 2.75) is 24.7 Å². The van der Waals surface area contributed by atoms with Crippen molar-refractivity contribution in [2.75, 3.05) is 22.5 Å². The number of sulfone groups is 1. The van der Waals surface area contributed by atoms with E-state index in [4.69, 9.17) is 0 Å². The molecular formula is C24H24N2O3S. The molecule has 0 bridgehead atoms. The van der Waals surface area contributed by atoms with Crippen LogP contribution in [0.25, 0.3) is 0 Å². The van der Waals surface area contributed by atoms with E-state index in [0.29, 0.717) is 5.69 Å². The summed E-state index contributed by atoms with van der Waals surface area (Å²) >= 11 is 0. The number of nitrogens with zero attached hydrogens (tertiary/aromatic N) is 1. The van der Waals surface area contributed by atoms with E-state index in [0.717, 1.165) is 24.2 Å². The maximum atomic E-state index is 12.4. The highest BCUT2D eigenvalue weighted by molar-refractivity contribution is 7.91. The lowest BCUT2D eigenvalue weighted by atomic mass is 10.2. The van der Waals surface area contributed by atoms with Crippen LogP contribution in [0, 0.1) is 6.92 Å². The van der Waals surface area contributed by atoms with Crippen LogP contribution in [0.2, 0.25) is 0 Å². The Labute approximate surface area is 177 Å². The summed E-state index contributed by atoms with van der Waals surface area (Å²) in [7, 11) is -3.48. The van der Waals surface area contributed by atoms with E-state index in [2.05, 4.69) is 28.4 Å². The lowest BCUT2D eigenvalue weighted by molar-refractivity contribution is -0.115. The number of para-hydroxylation sites is 1. The Hall–Kier alpha value is -3.12. The van der Waals surface area contributed by atoms with Crippen LogP contribution in [-0.2, 0) is 21.1 Å². The van der Waals surface area contributed by atoms with Gasteiger partial charge in [-0.15, -0.1) is 0 Å². The van der Waals surface area contributed by atoms with Crippen molar-refractivity contribution in [1.29, 1.82) is 0 Å². The molecular weight excluding hydrogens is 396 g/mol. The molecule has 5 nitrogen and oxygen atoms in total. The van der Waals surface area contributed by atoms with E-state index in [1.165, 1.54) is 11.3 Å². The highest BCUT2D eigenvalue weighted by Crippen LogP contribution is 2.34. The van der Waals surface area contributed by atoms with Gasteiger partial charge in [-0.05, 0) is 61.4 Å². The van der Waals surface area contributed by atoms with Crippen LogP contribution in [0.1, 0.15) is 17.5 Å². The first-order valence-corrected chi connectivity index (χ1v) is 11.6. The minimum Gasteiger partial charge on any atom is -0.341 e. The zero-order valence-corrected chi connectivity index (χ0v) is 17.7. The van der Waals surface area contributed by atoms with Gasteiger partial charge in [-0.3, -0.25) is 4.79 Å². The zero-order valence-electron chi connectivity index (χ0n) is 16.8. The van der Waals surface area contributed by atoms with Crippen LogP contribution < -0.4 is 10.2 Å². The van der Waals surface area contributed by atoms with E-state index in [1.807, 2.05) is 37.3 Å². The number of carbonyl (C=O) groups excluding carboxylic acids is 1. The van der Waals surface area contributed by atoms with E-state index in [9.17, 15) is 13.2 Å². The molecule has 0 atom stereocenters. The van der Waals surface area contributed by atoms with E-state index < -0.39 is 9.84 Å². The SMILES string of the molecule is Cc1ccc(S(=O)(=O)CCC(=O)Nc2ccc(N3CCc4ccccc43)cc2)cc1. The van der Waals surface area contributed by atoms with Crippen LogP contribution in [0.4, 0.5) is 17.1 Å². The Morgan fingerprint density at radius 3 is 2.40 bits per heavy atom. The number of aryl methyl sites for hydroxylation is 1.